The zero-order valence-electron chi connectivity index (χ0n) is 3.36. The minimum absolute atomic E-state index is 1.41. The van der Waals surface area contributed by atoms with Crippen LogP contribution in [0.3, 0.4) is 0 Å². The van der Waals surface area contributed by atoms with E-state index in [1.165, 1.54) is 13.3 Å². The highest BCUT2D eigenvalue weighted by molar-refractivity contribution is 7.56. The van der Waals surface area contributed by atoms with E-state index in [9.17, 15) is 4.57 Å². The molecule has 32 valence electrons. The van der Waals surface area contributed by atoms with Crippen LogP contribution in [-0.4, -0.2) is 18.2 Å². The molecule has 0 unspecified atom stereocenters. The predicted molar refractivity (Wildman–Crippen MR) is 23.1 cm³/mol. The van der Waals surface area contributed by atoms with Crippen molar-refractivity contribution in [3.05, 3.63) is 0 Å². The standard InChI is InChI=1S/C2H7O2P/c1-5(2,3)4/h1-2H3,(H,3,4)/p+1. The van der Waals surface area contributed by atoms with Gasteiger partial charge in [0.1, 0.15) is 0 Å². The Kier molecular flexibility index (Phi) is 1.16. The van der Waals surface area contributed by atoms with Crippen LogP contribution in [0.4, 0.5) is 0 Å². The van der Waals surface area contributed by atoms with Crippen molar-refractivity contribution in [2.24, 2.45) is 0 Å². The molecule has 0 aliphatic carbocycles. The molecule has 0 aromatic rings. The highest BCUT2D eigenvalue weighted by Crippen LogP contribution is 2.27. The minimum atomic E-state index is -2.39. The van der Waals surface area contributed by atoms with Gasteiger partial charge in [0, 0.05) is 0 Å². The molecular formula is C2H8O2P+. The van der Waals surface area contributed by atoms with Crippen LogP contribution in [0.15, 0.2) is 0 Å². The Hall–Kier alpha value is 0.190. The summed E-state index contributed by atoms with van der Waals surface area (Å²) < 4.78 is 9.88. The van der Waals surface area contributed by atoms with E-state index in [4.69, 9.17) is 4.89 Å². The van der Waals surface area contributed by atoms with Crippen LogP contribution in [0.2, 0.25) is 0 Å². The monoisotopic (exact) mass is 95.0 g/mol. The van der Waals surface area contributed by atoms with Gasteiger partial charge in [0.05, 0.1) is 13.3 Å². The lowest BCUT2D eigenvalue weighted by molar-refractivity contribution is 0.492. The second-order valence-corrected chi connectivity index (χ2v) is 4.05. The maximum Gasteiger partial charge on any atom is 0.325 e. The first-order valence-corrected chi connectivity index (χ1v) is 3.90. The first-order valence-electron chi connectivity index (χ1n) is 1.30. The topological polar surface area (TPSA) is 40.0 Å². The molecule has 0 bridgehead atoms. The zero-order chi connectivity index (χ0) is 4.50. The summed E-state index contributed by atoms with van der Waals surface area (Å²) in [5, 5.41) is 0. The lowest BCUT2D eigenvalue weighted by atomic mass is 11.9. The smallest absolute Gasteiger partial charge is 0.325 e. The van der Waals surface area contributed by atoms with Crippen LogP contribution in [0, 0.1) is 0 Å². The average Bonchev–Trinajstić information content (AvgIpc) is 0.722. The van der Waals surface area contributed by atoms with Gasteiger partial charge in [-0.3, -0.25) is 0 Å². The van der Waals surface area contributed by atoms with E-state index >= 15 is 0 Å². The van der Waals surface area contributed by atoms with Gasteiger partial charge in [-0.05, 0) is 0 Å². The maximum atomic E-state index is 9.88. The third kappa shape index (κ3) is 557. The maximum absolute atomic E-state index is 9.88. The van der Waals surface area contributed by atoms with Gasteiger partial charge in [0.2, 0.25) is 0 Å². The first-order chi connectivity index (χ1) is 2.00. The summed E-state index contributed by atoms with van der Waals surface area (Å²) in [5.74, 6) is 0. The molecule has 3 heteroatoms. The Bertz CT molecular complexity index is 53.8. The summed E-state index contributed by atoms with van der Waals surface area (Å²) in [4.78, 5) is 6.49. The van der Waals surface area contributed by atoms with Crippen LogP contribution in [0.25, 0.3) is 0 Å². The van der Waals surface area contributed by atoms with E-state index in [1.54, 1.807) is 0 Å². The molecule has 2 N–H and O–H groups in total. The summed E-state index contributed by atoms with van der Waals surface area (Å²) in [6, 6.07) is 0. The molecule has 0 heterocycles. The molecule has 0 aliphatic heterocycles. The molecule has 0 rings (SSSR count). The Morgan fingerprint density at radius 2 is 1.60 bits per heavy atom. The number of hydrogen-bond acceptors (Lipinski definition) is 1. The third-order valence-electron chi connectivity index (χ3n) is 0. The van der Waals surface area contributed by atoms with Gasteiger partial charge in [0.25, 0.3) is 0 Å². The molecular weight excluding hydrogens is 87.0 g/mol. The molecule has 0 aliphatic rings. The second kappa shape index (κ2) is 1.11. The molecule has 2 nitrogen and oxygen atoms in total. The van der Waals surface area contributed by atoms with E-state index < -0.39 is 7.37 Å². The van der Waals surface area contributed by atoms with Crippen molar-refractivity contribution in [3.8, 4) is 0 Å². The van der Waals surface area contributed by atoms with E-state index in [0.717, 1.165) is 0 Å². The molecule has 0 radical (unpaired) electrons. The third-order valence-corrected chi connectivity index (χ3v) is 0. The van der Waals surface area contributed by atoms with E-state index in [2.05, 4.69) is 0 Å². The first kappa shape index (κ1) is 5.19. The molecule has 0 spiro atoms. The Balaban J connectivity index is 3.47. The van der Waals surface area contributed by atoms with Gasteiger partial charge in [-0.15, -0.1) is 0 Å². The van der Waals surface area contributed by atoms with Gasteiger partial charge in [-0.25, -0.2) is 4.57 Å². The summed E-state index contributed by atoms with van der Waals surface area (Å²) in [6.07, 6.45) is 0. The van der Waals surface area contributed by atoms with Crippen molar-refractivity contribution in [2.45, 2.75) is 0 Å². The van der Waals surface area contributed by atoms with Crippen LogP contribution in [-0.2, 0) is 4.57 Å². The largest absolute Gasteiger partial charge is 0.413 e. The molecule has 0 saturated heterocycles. The van der Waals surface area contributed by atoms with Gasteiger partial charge in [-0.1, -0.05) is 0 Å². The molecule has 0 fully saturated rings. The summed E-state index contributed by atoms with van der Waals surface area (Å²) in [6.45, 7) is 2.82. The molecule has 0 saturated carbocycles. The van der Waals surface area contributed by atoms with Gasteiger partial charge in [-0.2, -0.15) is 0 Å². The summed E-state index contributed by atoms with van der Waals surface area (Å²) in [5.41, 5.74) is 0. The fourth-order valence-electron chi connectivity index (χ4n) is 0. The molecule has 0 aromatic heterocycles. The lowest BCUT2D eigenvalue weighted by Crippen LogP contribution is -1.62. The fourth-order valence-corrected chi connectivity index (χ4v) is 0. The quantitative estimate of drug-likeness (QED) is 0.314. The van der Waals surface area contributed by atoms with Gasteiger partial charge in [0.15, 0.2) is 0 Å². The fraction of sp³-hybridized carbons (Fsp3) is 1.00. The van der Waals surface area contributed by atoms with E-state index in [0.29, 0.717) is 0 Å². The van der Waals surface area contributed by atoms with Crippen molar-refractivity contribution in [3.63, 3.8) is 0 Å². The lowest BCUT2D eigenvalue weighted by Gasteiger charge is -1.80. The highest BCUT2D eigenvalue weighted by Gasteiger charge is 2.00. The van der Waals surface area contributed by atoms with Crippen LogP contribution >= 0.6 is 7.37 Å². The van der Waals surface area contributed by atoms with Crippen LogP contribution < -0.4 is 0 Å². The number of rotatable bonds is 0. The normalized spacial score (nSPS) is 11.8. The van der Waals surface area contributed by atoms with Crippen LogP contribution in [0.5, 0.6) is 0 Å². The zero-order valence-corrected chi connectivity index (χ0v) is 4.25. The highest BCUT2D eigenvalue weighted by atomic mass is 31.2. The molecule has 5 heavy (non-hydrogen) atoms. The SMILES string of the molecule is CP(C)(=O)[OH2+]. The van der Waals surface area contributed by atoms with E-state index in [1.807, 2.05) is 0 Å². The summed E-state index contributed by atoms with van der Waals surface area (Å²) >= 11 is 0. The average molecular weight is 95.1 g/mol. The van der Waals surface area contributed by atoms with Gasteiger partial charge < -0.3 is 4.89 Å². The molecule has 0 amide bonds. The van der Waals surface area contributed by atoms with Crippen LogP contribution in [0.1, 0.15) is 0 Å². The van der Waals surface area contributed by atoms with Crippen molar-refractivity contribution in [1.82, 2.24) is 0 Å². The van der Waals surface area contributed by atoms with Gasteiger partial charge >= 0.3 is 7.37 Å². The predicted octanol–water partition coefficient (Wildman–Crippen LogP) is 0.249. The Morgan fingerprint density at radius 3 is 1.60 bits per heavy atom. The van der Waals surface area contributed by atoms with Crippen molar-refractivity contribution in [2.75, 3.05) is 13.3 Å². The minimum Gasteiger partial charge on any atom is -0.413 e. The summed E-state index contributed by atoms with van der Waals surface area (Å²) in [7, 11) is -2.39. The number of hydrogen-bond donors (Lipinski definition) is 0. The van der Waals surface area contributed by atoms with Crippen molar-refractivity contribution in [1.29, 1.82) is 0 Å². The Labute approximate surface area is 31.3 Å². The van der Waals surface area contributed by atoms with E-state index in [-0.39, 0.29) is 0 Å². The second-order valence-electron chi connectivity index (χ2n) is 1.35. The molecule has 0 atom stereocenters. The van der Waals surface area contributed by atoms with Crippen molar-refractivity contribution < 1.29 is 9.46 Å². The van der Waals surface area contributed by atoms with Crippen molar-refractivity contribution >= 4 is 7.37 Å². The Morgan fingerprint density at radius 1 is 1.60 bits per heavy atom. The molecule has 0 aromatic carbocycles.